The second-order valence-electron chi connectivity index (χ2n) is 4.61. The van der Waals surface area contributed by atoms with Gasteiger partial charge in [-0.3, -0.25) is 9.71 Å². The topological polar surface area (TPSA) is 85.1 Å². The number of aromatic nitrogens is 1. The van der Waals surface area contributed by atoms with Crippen molar-refractivity contribution in [1.82, 2.24) is 4.98 Å². The molecule has 3 N–H and O–H groups in total. The molecule has 0 amide bonds. The zero-order valence-corrected chi connectivity index (χ0v) is 13.0. The van der Waals surface area contributed by atoms with Crippen molar-refractivity contribution in [3.8, 4) is 0 Å². The maximum absolute atomic E-state index is 12.2. The molecule has 7 heteroatoms. The van der Waals surface area contributed by atoms with Crippen LogP contribution in [0.2, 0.25) is 0 Å². The minimum absolute atomic E-state index is 0.148. The summed E-state index contributed by atoms with van der Waals surface area (Å²) in [4.78, 5) is 4.26. The minimum Gasteiger partial charge on any atom is -0.389 e. The van der Waals surface area contributed by atoms with Gasteiger partial charge in [-0.2, -0.15) is 0 Å². The van der Waals surface area contributed by atoms with Crippen LogP contribution in [0.25, 0.3) is 0 Å². The van der Waals surface area contributed by atoms with E-state index < -0.39 is 10.0 Å². The standard InChI is InChI=1S/C14H15N3O2S2/c1-10-7-13(5-6-16-10)17-21(18,19)9-11-3-2-4-12(8-11)14(15)20/h2-8H,9H2,1H3,(H2,15,20)(H,16,17). The summed E-state index contributed by atoms with van der Waals surface area (Å²) >= 11 is 4.89. The normalized spacial score (nSPS) is 11.1. The third kappa shape index (κ3) is 4.51. The van der Waals surface area contributed by atoms with Crippen LogP contribution in [0.5, 0.6) is 0 Å². The molecule has 0 atom stereocenters. The predicted octanol–water partition coefficient (Wildman–Crippen LogP) is 1.97. The molecule has 0 spiro atoms. The first kappa shape index (κ1) is 15.4. The van der Waals surface area contributed by atoms with Crippen molar-refractivity contribution in [2.45, 2.75) is 12.7 Å². The maximum Gasteiger partial charge on any atom is 0.236 e. The summed E-state index contributed by atoms with van der Waals surface area (Å²) in [5, 5.41) is 0. The van der Waals surface area contributed by atoms with Gasteiger partial charge in [0, 0.05) is 17.5 Å². The van der Waals surface area contributed by atoms with Crippen LogP contribution >= 0.6 is 12.2 Å². The molecule has 0 saturated carbocycles. The summed E-state index contributed by atoms with van der Waals surface area (Å²) in [7, 11) is -3.51. The van der Waals surface area contributed by atoms with Crippen LogP contribution in [0.1, 0.15) is 16.8 Å². The van der Waals surface area contributed by atoms with E-state index in [1.165, 1.54) is 0 Å². The lowest BCUT2D eigenvalue weighted by Gasteiger charge is -2.09. The fraction of sp³-hybridized carbons (Fsp3) is 0.143. The van der Waals surface area contributed by atoms with Crippen molar-refractivity contribution in [3.63, 3.8) is 0 Å². The fourth-order valence-electron chi connectivity index (χ4n) is 1.86. The van der Waals surface area contributed by atoms with Gasteiger partial charge in [-0.05, 0) is 30.7 Å². The Morgan fingerprint density at radius 1 is 1.33 bits per heavy atom. The minimum atomic E-state index is -3.51. The summed E-state index contributed by atoms with van der Waals surface area (Å²) in [6.07, 6.45) is 1.56. The highest BCUT2D eigenvalue weighted by Crippen LogP contribution is 2.14. The zero-order chi connectivity index (χ0) is 15.5. The van der Waals surface area contributed by atoms with E-state index >= 15 is 0 Å². The molecule has 1 aromatic heterocycles. The fourth-order valence-corrected chi connectivity index (χ4v) is 3.16. The number of anilines is 1. The highest BCUT2D eigenvalue weighted by Gasteiger charge is 2.12. The van der Waals surface area contributed by atoms with E-state index in [9.17, 15) is 8.42 Å². The van der Waals surface area contributed by atoms with Crippen LogP contribution in [0.4, 0.5) is 5.69 Å². The molecule has 1 heterocycles. The number of pyridine rings is 1. The van der Waals surface area contributed by atoms with Crippen molar-refractivity contribution in [3.05, 3.63) is 59.4 Å². The van der Waals surface area contributed by atoms with Gasteiger partial charge < -0.3 is 5.73 Å². The quantitative estimate of drug-likeness (QED) is 0.822. The lowest BCUT2D eigenvalue weighted by Crippen LogP contribution is -2.16. The Morgan fingerprint density at radius 2 is 2.10 bits per heavy atom. The Kier molecular flexibility index (Phi) is 4.54. The molecule has 21 heavy (non-hydrogen) atoms. The van der Waals surface area contributed by atoms with Crippen LogP contribution in [-0.4, -0.2) is 18.4 Å². The number of hydrogen-bond acceptors (Lipinski definition) is 4. The lowest BCUT2D eigenvalue weighted by molar-refractivity contribution is 0.600. The van der Waals surface area contributed by atoms with Gasteiger partial charge in [-0.15, -0.1) is 0 Å². The first-order valence-corrected chi connectivity index (χ1v) is 8.24. The van der Waals surface area contributed by atoms with E-state index in [4.69, 9.17) is 18.0 Å². The SMILES string of the molecule is Cc1cc(NS(=O)(=O)Cc2cccc(C(N)=S)c2)ccn1. The third-order valence-corrected chi connectivity index (χ3v) is 4.23. The van der Waals surface area contributed by atoms with Gasteiger partial charge in [0.05, 0.1) is 11.4 Å². The van der Waals surface area contributed by atoms with Gasteiger partial charge in [0.15, 0.2) is 0 Å². The Morgan fingerprint density at radius 3 is 2.76 bits per heavy atom. The zero-order valence-electron chi connectivity index (χ0n) is 11.4. The van der Waals surface area contributed by atoms with Crippen molar-refractivity contribution < 1.29 is 8.42 Å². The van der Waals surface area contributed by atoms with Crippen LogP contribution in [-0.2, 0) is 15.8 Å². The van der Waals surface area contributed by atoms with Gasteiger partial charge >= 0.3 is 0 Å². The molecule has 5 nitrogen and oxygen atoms in total. The summed E-state index contributed by atoms with van der Waals surface area (Å²) in [6, 6.07) is 10.2. The van der Waals surface area contributed by atoms with E-state index in [-0.39, 0.29) is 10.7 Å². The molecule has 2 aromatic rings. The van der Waals surface area contributed by atoms with Gasteiger partial charge in [0.1, 0.15) is 4.99 Å². The Bertz CT molecular complexity index is 773. The Balaban J connectivity index is 2.18. The number of rotatable bonds is 5. The number of sulfonamides is 1. The average Bonchev–Trinajstić information content (AvgIpc) is 2.37. The molecule has 0 unspecified atom stereocenters. The van der Waals surface area contributed by atoms with E-state index in [2.05, 4.69) is 9.71 Å². The van der Waals surface area contributed by atoms with Crippen molar-refractivity contribution in [2.24, 2.45) is 5.73 Å². The molecule has 0 aliphatic heterocycles. The van der Waals surface area contributed by atoms with Crippen LogP contribution in [0.15, 0.2) is 42.6 Å². The number of nitrogens with one attached hydrogen (secondary N) is 1. The van der Waals surface area contributed by atoms with Crippen LogP contribution in [0, 0.1) is 6.92 Å². The molecule has 0 fully saturated rings. The lowest BCUT2D eigenvalue weighted by atomic mass is 10.1. The number of aryl methyl sites for hydroxylation is 1. The highest BCUT2D eigenvalue weighted by atomic mass is 32.2. The van der Waals surface area contributed by atoms with E-state index in [0.717, 1.165) is 5.69 Å². The van der Waals surface area contributed by atoms with Gasteiger partial charge in [-0.25, -0.2) is 8.42 Å². The second kappa shape index (κ2) is 6.19. The predicted molar refractivity (Wildman–Crippen MR) is 87.5 cm³/mol. The molecule has 110 valence electrons. The number of nitrogens with zero attached hydrogens (tertiary/aromatic N) is 1. The van der Waals surface area contributed by atoms with Crippen LogP contribution < -0.4 is 10.5 Å². The molecular formula is C14H15N3O2S2. The van der Waals surface area contributed by atoms with Crippen molar-refractivity contribution in [1.29, 1.82) is 0 Å². The van der Waals surface area contributed by atoms with Crippen molar-refractivity contribution in [2.75, 3.05) is 4.72 Å². The monoisotopic (exact) mass is 321 g/mol. The molecular weight excluding hydrogens is 306 g/mol. The number of nitrogens with two attached hydrogens (primary N) is 1. The van der Waals surface area contributed by atoms with Crippen molar-refractivity contribution >= 4 is 32.9 Å². The van der Waals surface area contributed by atoms with Gasteiger partial charge in [-0.1, -0.05) is 30.4 Å². The number of thiocarbonyl (C=S) groups is 1. The molecule has 2 rings (SSSR count). The first-order valence-electron chi connectivity index (χ1n) is 6.18. The Labute approximate surface area is 129 Å². The molecule has 0 aliphatic carbocycles. The van der Waals surface area contributed by atoms with Gasteiger partial charge in [0.25, 0.3) is 0 Å². The van der Waals surface area contributed by atoms with E-state index in [1.807, 2.05) is 0 Å². The largest absolute Gasteiger partial charge is 0.389 e. The molecule has 0 radical (unpaired) electrons. The van der Waals surface area contributed by atoms with Gasteiger partial charge in [0.2, 0.25) is 10.0 Å². The summed E-state index contributed by atoms with van der Waals surface area (Å²) in [6.45, 7) is 1.80. The first-order chi connectivity index (χ1) is 9.85. The highest BCUT2D eigenvalue weighted by molar-refractivity contribution is 7.91. The second-order valence-corrected chi connectivity index (χ2v) is 6.77. The Hall–Kier alpha value is -1.99. The van der Waals surface area contributed by atoms with Crippen LogP contribution in [0.3, 0.4) is 0 Å². The molecule has 0 aliphatic rings. The molecule has 0 bridgehead atoms. The average molecular weight is 321 g/mol. The van der Waals surface area contributed by atoms with E-state index in [0.29, 0.717) is 16.8 Å². The third-order valence-electron chi connectivity index (χ3n) is 2.74. The maximum atomic E-state index is 12.2. The smallest absolute Gasteiger partial charge is 0.236 e. The number of hydrogen-bond donors (Lipinski definition) is 2. The molecule has 0 saturated heterocycles. The summed E-state index contributed by atoms with van der Waals surface area (Å²) < 4.78 is 26.9. The summed E-state index contributed by atoms with van der Waals surface area (Å²) in [5.74, 6) is -0.148. The van der Waals surface area contributed by atoms with E-state index in [1.54, 1.807) is 49.5 Å². The number of benzene rings is 1. The summed E-state index contributed by atoms with van der Waals surface area (Å²) in [5.41, 5.74) is 8.06. The molecule has 1 aromatic carbocycles.